The largest absolute Gasteiger partial charge is 0.480 e. The number of rotatable bonds is 40. The molecule has 0 fully saturated rings. The molecule has 0 spiro atoms. The number of ether oxygens (including phenoxy) is 2. The van der Waals surface area contributed by atoms with Crippen LogP contribution >= 0.6 is 7.82 Å². The number of allylic oxidation sites excluding steroid dienone is 4. The first kappa shape index (κ1) is 52.0. The molecule has 11 nitrogen and oxygen atoms in total. The predicted octanol–water partition coefficient (Wildman–Crippen LogP) is 11.1. The van der Waals surface area contributed by atoms with E-state index < -0.39 is 51.1 Å². The van der Waals surface area contributed by atoms with Crippen molar-refractivity contribution in [2.75, 3.05) is 19.8 Å². The van der Waals surface area contributed by atoms with Crippen LogP contribution in [0.2, 0.25) is 0 Å². The average Bonchev–Trinajstić information content (AvgIpc) is 3.14. The molecule has 3 atom stereocenters. The maximum absolute atomic E-state index is 12.6. The number of nitrogens with two attached hydrogens (primary N) is 1. The molecule has 0 aliphatic carbocycles. The Kier molecular flexibility index (Phi) is 36.4. The number of esters is 2. The summed E-state index contributed by atoms with van der Waals surface area (Å²) in [6.07, 6.45) is 38.1. The van der Waals surface area contributed by atoms with Crippen molar-refractivity contribution < 1.29 is 47.5 Å². The molecule has 0 aliphatic rings. The molecule has 0 aromatic rings. The molecule has 54 heavy (non-hydrogen) atoms. The molecule has 316 valence electrons. The molecule has 0 aromatic heterocycles. The predicted molar refractivity (Wildman–Crippen MR) is 217 cm³/mol. The molecule has 1 unspecified atom stereocenters. The lowest BCUT2D eigenvalue weighted by atomic mass is 10.1. The zero-order valence-electron chi connectivity index (χ0n) is 34.1. The van der Waals surface area contributed by atoms with E-state index in [-0.39, 0.29) is 19.4 Å². The minimum atomic E-state index is -4.72. The zero-order valence-corrected chi connectivity index (χ0v) is 35.0. The Bertz CT molecular complexity index is 1020. The number of carbonyl (C=O) groups excluding carboxylic acids is 2. The van der Waals surface area contributed by atoms with Gasteiger partial charge in [0, 0.05) is 12.8 Å². The lowest BCUT2D eigenvalue weighted by molar-refractivity contribution is -0.161. The van der Waals surface area contributed by atoms with Gasteiger partial charge in [0.1, 0.15) is 12.6 Å². The van der Waals surface area contributed by atoms with Gasteiger partial charge in [-0.1, -0.05) is 141 Å². The fourth-order valence-corrected chi connectivity index (χ4v) is 6.54. The third kappa shape index (κ3) is 36.9. The highest BCUT2D eigenvalue weighted by atomic mass is 31.2. The summed E-state index contributed by atoms with van der Waals surface area (Å²) in [5, 5.41) is 8.88. The van der Waals surface area contributed by atoms with Gasteiger partial charge < -0.3 is 25.2 Å². The maximum Gasteiger partial charge on any atom is 0.472 e. The second-order valence-corrected chi connectivity index (χ2v) is 15.9. The molecule has 0 rings (SSSR count). The average molecular weight is 788 g/mol. The molecule has 0 bridgehead atoms. The fraction of sp³-hybridized carbons (Fsp3) is 0.833. The second-order valence-electron chi connectivity index (χ2n) is 14.5. The van der Waals surface area contributed by atoms with Gasteiger partial charge in [0.05, 0.1) is 13.2 Å². The van der Waals surface area contributed by atoms with Crippen molar-refractivity contribution in [2.24, 2.45) is 5.73 Å². The van der Waals surface area contributed by atoms with E-state index in [1.807, 2.05) is 0 Å². The van der Waals surface area contributed by atoms with Gasteiger partial charge in [0.2, 0.25) is 0 Å². The van der Waals surface area contributed by atoms with E-state index in [0.29, 0.717) is 12.8 Å². The van der Waals surface area contributed by atoms with Gasteiger partial charge in [-0.25, -0.2) is 4.57 Å². The van der Waals surface area contributed by atoms with Crippen LogP contribution in [0.25, 0.3) is 0 Å². The van der Waals surface area contributed by atoms with E-state index in [1.54, 1.807) is 0 Å². The Morgan fingerprint density at radius 2 is 0.926 bits per heavy atom. The number of unbranched alkanes of at least 4 members (excludes halogenated alkanes) is 22. The highest BCUT2D eigenvalue weighted by Gasteiger charge is 2.28. The van der Waals surface area contributed by atoms with Crippen molar-refractivity contribution in [2.45, 2.75) is 206 Å². The number of phosphoric ester groups is 1. The van der Waals surface area contributed by atoms with Crippen LogP contribution in [0, 0.1) is 0 Å². The number of carbonyl (C=O) groups is 3. The molecule has 0 aromatic carbocycles. The van der Waals surface area contributed by atoms with Crippen molar-refractivity contribution in [3.8, 4) is 0 Å². The molecular weight excluding hydrogens is 709 g/mol. The van der Waals surface area contributed by atoms with E-state index in [4.69, 9.17) is 24.8 Å². The monoisotopic (exact) mass is 788 g/mol. The summed E-state index contributed by atoms with van der Waals surface area (Å²) in [7, 11) is -4.72. The fourth-order valence-electron chi connectivity index (χ4n) is 5.76. The molecule has 4 N–H and O–H groups in total. The molecule has 0 saturated carbocycles. The topological polar surface area (TPSA) is 172 Å². The lowest BCUT2D eigenvalue weighted by Gasteiger charge is -2.20. The Balaban J connectivity index is 4.40. The molecule has 0 amide bonds. The number of hydrogen-bond acceptors (Lipinski definition) is 9. The summed E-state index contributed by atoms with van der Waals surface area (Å²) in [5.74, 6) is -2.41. The summed E-state index contributed by atoms with van der Waals surface area (Å²) in [6, 6.07) is -1.52. The molecule has 12 heteroatoms. The summed E-state index contributed by atoms with van der Waals surface area (Å²) in [5.41, 5.74) is 5.33. The first-order valence-electron chi connectivity index (χ1n) is 21.4. The van der Waals surface area contributed by atoms with Crippen molar-refractivity contribution in [3.63, 3.8) is 0 Å². The van der Waals surface area contributed by atoms with E-state index in [9.17, 15) is 23.8 Å². The quantitative estimate of drug-likeness (QED) is 0.0233. The first-order chi connectivity index (χ1) is 26.1. The highest BCUT2D eigenvalue weighted by molar-refractivity contribution is 7.47. The van der Waals surface area contributed by atoms with E-state index in [2.05, 4.69) is 42.7 Å². The summed E-state index contributed by atoms with van der Waals surface area (Å²) >= 11 is 0. The van der Waals surface area contributed by atoms with Gasteiger partial charge >= 0.3 is 25.7 Å². The molecule has 0 radical (unpaired) electrons. The van der Waals surface area contributed by atoms with Crippen LogP contribution in [-0.2, 0) is 37.5 Å². The third-order valence-corrected chi connectivity index (χ3v) is 10.1. The van der Waals surface area contributed by atoms with E-state index >= 15 is 0 Å². The van der Waals surface area contributed by atoms with Gasteiger partial charge in [-0.2, -0.15) is 0 Å². The van der Waals surface area contributed by atoms with Crippen molar-refractivity contribution in [3.05, 3.63) is 24.3 Å². The van der Waals surface area contributed by atoms with Crippen LogP contribution in [0.4, 0.5) is 0 Å². The van der Waals surface area contributed by atoms with Crippen LogP contribution < -0.4 is 5.73 Å². The molecule has 0 saturated heterocycles. The van der Waals surface area contributed by atoms with Crippen LogP contribution in [0.3, 0.4) is 0 Å². The van der Waals surface area contributed by atoms with Crippen LogP contribution in [0.5, 0.6) is 0 Å². The number of phosphoric acid groups is 1. The first-order valence-corrected chi connectivity index (χ1v) is 22.9. The Morgan fingerprint density at radius 1 is 0.556 bits per heavy atom. The van der Waals surface area contributed by atoms with Gasteiger partial charge in [0.25, 0.3) is 0 Å². The number of aliphatic carboxylic acids is 1. The van der Waals surface area contributed by atoms with Gasteiger partial charge in [-0.15, -0.1) is 0 Å². The number of carboxylic acids is 1. The zero-order chi connectivity index (χ0) is 40.0. The Hall–Kier alpha value is -2.04. The van der Waals surface area contributed by atoms with Crippen LogP contribution in [0.1, 0.15) is 194 Å². The minimum Gasteiger partial charge on any atom is -0.480 e. The van der Waals surface area contributed by atoms with E-state index in [1.165, 1.54) is 103 Å². The minimum absolute atomic E-state index is 0.154. The van der Waals surface area contributed by atoms with Crippen molar-refractivity contribution in [1.82, 2.24) is 0 Å². The normalized spacial score (nSPS) is 14.0. The molecule has 0 aliphatic heterocycles. The molecular formula is C42H78NO10P. The molecule has 0 heterocycles. The summed E-state index contributed by atoms with van der Waals surface area (Å²) < 4.78 is 32.6. The van der Waals surface area contributed by atoms with Gasteiger partial charge in [0.15, 0.2) is 6.10 Å². The van der Waals surface area contributed by atoms with Crippen LogP contribution in [-0.4, -0.2) is 59.9 Å². The Morgan fingerprint density at radius 3 is 1.41 bits per heavy atom. The van der Waals surface area contributed by atoms with Crippen molar-refractivity contribution in [1.29, 1.82) is 0 Å². The Labute approximate surface area is 328 Å². The summed E-state index contributed by atoms with van der Waals surface area (Å²) in [6.45, 7) is 2.77. The highest BCUT2D eigenvalue weighted by Crippen LogP contribution is 2.43. The van der Waals surface area contributed by atoms with Gasteiger partial charge in [-0.05, 0) is 64.2 Å². The van der Waals surface area contributed by atoms with E-state index in [0.717, 1.165) is 51.4 Å². The van der Waals surface area contributed by atoms with Gasteiger partial charge in [-0.3, -0.25) is 23.4 Å². The summed E-state index contributed by atoms with van der Waals surface area (Å²) in [4.78, 5) is 45.9. The smallest absolute Gasteiger partial charge is 0.472 e. The second kappa shape index (κ2) is 37.9. The number of hydrogen-bond donors (Lipinski definition) is 3. The maximum atomic E-state index is 12.6. The number of carboxylic acid groups (broad SMARTS) is 1. The lowest BCUT2D eigenvalue weighted by Crippen LogP contribution is -2.34. The third-order valence-electron chi connectivity index (χ3n) is 9.17. The van der Waals surface area contributed by atoms with Crippen molar-refractivity contribution >= 4 is 25.7 Å². The standard InChI is InChI=1S/C42H78NO10P/c1-3-5-7-9-11-13-15-17-19-21-23-25-27-29-31-33-40(44)50-35-38(36-51-54(48,49)52-37-39(43)42(46)47)53-41(45)34-32-30-28-26-24-22-20-18-16-14-12-10-8-6-4-2/h14,16,23,25,38-39H,3-13,15,17-22,24,26-37,43H2,1-2H3,(H,46,47)(H,48,49)/b16-14+,25-23+/t38-,39+/m1/s1. The SMILES string of the molecule is CCCCCC/C=C/CCCCCCCCCC(=O)O[C@H](COC(=O)CCCC/C=C/CCCCCCCCCCC)COP(=O)(O)OC[C@H](N)C(=O)O. The van der Waals surface area contributed by atoms with Crippen LogP contribution in [0.15, 0.2) is 24.3 Å².